The fraction of sp³-hybridized carbons (Fsp3) is 0.154. The van der Waals surface area contributed by atoms with Crippen LogP contribution in [0, 0.1) is 0 Å². The number of alkyl halides is 6. The zero-order valence-corrected chi connectivity index (χ0v) is 10.7. The standard InChI is InChI=1S/C13H8F6N2O/c14-12(15,16)11-2-1-7(6-21-11)8-3-9(20)5-10(4-8)22-13(17,18)19/h1-6H,20H2. The molecule has 2 rings (SSSR count). The number of rotatable bonds is 2. The molecular weight excluding hydrogens is 314 g/mol. The molecule has 0 bridgehead atoms. The van der Waals surface area contributed by atoms with Gasteiger partial charge in [0.05, 0.1) is 0 Å². The van der Waals surface area contributed by atoms with E-state index in [1.807, 2.05) is 0 Å². The highest BCUT2D eigenvalue weighted by atomic mass is 19.4. The fourth-order valence-electron chi connectivity index (χ4n) is 1.71. The maximum absolute atomic E-state index is 12.4. The van der Waals surface area contributed by atoms with E-state index in [0.29, 0.717) is 0 Å². The summed E-state index contributed by atoms with van der Waals surface area (Å²) < 4.78 is 77.5. The van der Waals surface area contributed by atoms with E-state index in [9.17, 15) is 26.3 Å². The summed E-state index contributed by atoms with van der Waals surface area (Å²) in [6.07, 6.45) is -8.60. The van der Waals surface area contributed by atoms with E-state index in [1.165, 1.54) is 6.07 Å². The molecule has 1 heterocycles. The topological polar surface area (TPSA) is 48.1 Å². The normalized spacial score (nSPS) is 12.3. The highest BCUT2D eigenvalue weighted by molar-refractivity contribution is 5.69. The molecule has 2 aromatic rings. The molecule has 0 spiro atoms. The Morgan fingerprint density at radius 3 is 2.09 bits per heavy atom. The zero-order chi connectivity index (χ0) is 16.5. The predicted octanol–water partition coefficient (Wildman–Crippen LogP) is 4.25. The van der Waals surface area contributed by atoms with Crippen LogP contribution in [0.3, 0.4) is 0 Å². The zero-order valence-electron chi connectivity index (χ0n) is 10.7. The Morgan fingerprint density at radius 2 is 1.59 bits per heavy atom. The van der Waals surface area contributed by atoms with E-state index >= 15 is 0 Å². The monoisotopic (exact) mass is 322 g/mol. The van der Waals surface area contributed by atoms with Gasteiger partial charge in [0.25, 0.3) is 0 Å². The second kappa shape index (κ2) is 5.39. The molecule has 0 atom stereocenters. The van der Waals surface area contributed by atoms with E-state index in [-0.39, 0.29) is 16.8 Å². The van der Waals surface area contributed by atoms with Crippen LogP contribution in [-0.2, 0) is 6.18 Å². The van der Waals surface area contributed by atoms with Crippen LogP contribution in [0.25, 0.3) is 11.1 Å². The molecule has 0 unspecified atom stereocenters. The number of benzene rings is 1. The minimum Gasteiger partial charge on any atom is -0.406 e. The number of hydrogen-bond donors (Lipinski definition) is 1. The van der Waals surface area contributed by atoms with Gasteiger partial charge in [-0.1, -0.05) is 6.07 Å². The molecular formula is C13H8F6N2O. The van der Waals surface area contributed by atoms with Crippen LogP contribution in [-0.4, -0.2) is 11.3 Å². The first-order chi connectivity index (χ1) is 10.0. The van der Waals surface area contributed by atoms with Gasteiger partial charge in [0.1, 0.15) is 11.4 Å². The van der Waals surface area contributed by atoms with Gasteiger partial charge in [-0.3, -0.25) is 4.98 Å². The number of halogens is 6. The van der Waals surface area contributed by atoms with Crippen molar-refractivity contribution in [3.63, 3.8) is 0 Å². The molecule has 0 aliphatic rings. The van der Waals surface area contributed by atoms with Gasteiger partial charge < -0.3 is 10.5 Å². The number of nitrogens with zero attached hydrogens (tertiary/aromatic N) is 1. The van der Waals surface area contributed by atoms with Gasteiger partial charge in [0, 0.05) is 23.5 Å². The molecule has 3 nitrogen and oxygen atoms in total. The van der Waals surface area contributed by atoms with Crippen molar-refractivity contribution in [2.45, 2.75) is 12.5 Å². The Kier molecular flexibility index (Phi) is 3.90. The molecule has 0 fully saturated rings. The minimum absolute atomic E-state index is 0.0309. The minimum atomic E-state index is -4.90. The number of nitrogen functional groups attached to an aromatic ring is 1. The number of nitrogens with two attached hydrogens (primary N) is 1. The lowest BCUT2D eigenvalue weighted by Crippen LogP contribution is -2.17. The van der Waals surface area contributed by atoms with Crippen LogP contribution in [0.1, 0.15) is 5.69 Å². The van der Waals surface area contributed by atoms with Crippen molar-refractivity contribution in [2.24, 2.45) is 0 Å². The molecule has 0 aliphatic carbocycles. The third-order valence-electron chi connectivity index (χ3n) is 2.55. The van der Waals surface area contributed by atoms with E-state index < -0.39 is 24.0 Å². The van der Waals surface area contributed by atoms with Crippen molar-refractivity contribution >= 4 is 5.69 Å². The van der Waals surface area contributed by atoms with Crippen LogP contribution in [0.2, 0.25) is 0 Å². The molecule has 118 valence electrons. The molecule has 1 aromatic heterocycles. The summed E-state index contributed by atoms with van der Waals surface area (Å²) in [5.74, 6) is -0.567. The van der Waals surface area contributed by atoms with Crippen molar-refractivity contribution in [3.05, 3.63) is 42.2 Å². The van der Waals surface area contributed by atoms with Crippen molar-refractivity contribution in [2.75, 3.05) is 5.73 Å². The Balaban J connectivity index is 2.36. The maximum atomic E-state index is 12.4. The summed E-state index contributed by atoms with van der Waals surface area (Å²) in [5.41, 5.74) is 4.66. The van der Waals surface area contributed by atoms with E-state index in [4.69, 9.17) is 5.73 Å². The third-order valence-corrected chi connectivity index (χ3v) is 2.55. The average molecular weight is 322 g/mol. The lowest BCUT2D eigenvalue weighted by atomic mass is 10.1. The van der Waals surface area contributed by atoms with Crippen LogP contribution in [0.4, 0.5) is 32.0 Å². The lowest BCUT2D eigenvalue weighted by Gasteiger charge is -2.12. The summed E-state index contributed by atoms with van der Waals surface area (Å²) >= 11 is 0. The number of anilines is 1. The first kappa shape index (κ1) is 15.9. The first-order valence-electron chi connectivity index (χ1n) is 5.74. The first-order valence-corrected chi connectivity index (χ1v) is 5.74. The Bertz CT molecular complexity index is 664. The van der Waals surface area contributed by atoms with Crippen molar-refractivity contribution in [1.29, 1.82) is 0 Å². The number of ether oxygens (including phenoxy) is 1. The lowest BCUT2D eigenvalue weighted by molar-refractivity contribution is -0.274. The largest absolute Gasteiger partial charge is 0.573 e. The maximum Gasteiger partial charge on any atom is 0.573 e. The summed E-state index contributed by atoms with van der Waals surface area (Å²) in [7, 11) is 0. The molecule has 1 aromatic carbocycles. The van der Waals surface area contributed by atoms with Crippen LogP contribution >= 0.6 is 0 Å². The number of aromatic nitrogens is 1. The Hall–Kier alpha value is -2.45. The average Bonchev–Trinajstić information content (AvgIpc) is 2.35. The second-order valence-electron chi connectivity index (χ2n) is 4.27. The molecule has 0 aliphatic heterocycles. The molecule has 0 radical (unpaired) electrons. The third kappa shape index (κ3) is 4.03. The summed E-state index contributed by atoms with van der Waals surface area (Å²) in [5, 5.41) is 0. The van der Waals surface area contributed by atoms with Crippen LogP contribution in [0.5, 0.6) is 5.75 Å². The summed E-state index contributed by atoms with van der Waals surface area (Å²) in [6, 6.07) is 5.07. The number of hydrogen-bond acceptors (Lipinski definition) is 3. The van der Waals surface area contributed by atoms with Gasteiger partial charge in [-0.05, 0) is 23.8 Å². The quantitative estimate of drug-likeness (QED) is 0.664. The molecule has 2 N–H and O–H groups in total. The summed E-state index contributed by atoms with van der Waals surface area (Å²) in [6.45, 7) is 0. The van der Waals surface area contributed by atoms with Crippen molar-refractivity contribution < 1.29 is 31.1 Å². The summed E-state index contributed by atoms with van der Waals surface area (Å²) in [4.78, 5) is 3.23. The predicted molar refractivity (Wildman–Crippen MR) is 65.8 cm³/mol. The highest BCUT2D eigenvalue weighted by Crippen LogP contribution is 2.32. The Labute approximate surface area is 120 Å². The highest BCUT2D eigenvalue weighted by Gasteiger charge is 2.32. The van der Waals surface area contributed by atoms with E-state index in [2.05, 4.69) is 9.72 Å². The SMILES string of the molecule is Nc1cc(OC(F)(F)F)cc(-c2ccc(C(F)(F)F)nc2)c1. The fourth-order valence-corrected chi connectivity index (χ4v) is 1.71. The van der Waals surface area contributed by atoms with Gasteiger partial charge in [-0.15, -0.1) is 13.2 Å². The van der Waals surface area contributed by atoms with Gasteiger partial charge in [0.2, 0.25) is 0 Å². The molecule has 22 heavy (non-hydrogen) atoms. The van der Waals surface area contributed by atoms with Gasteiger partial charge in [0.15, 0.2) is 0 Å². The van der Waals surface area contributed by atoms with Crippen LogP contribution < -0.4 is 10.5 Å². The molecule has 0 amide bonds. The van der Waals surface area contributed by atoms with E-state index in [0.717, 1.165) is 30.5 Å². The van der Waals surface area contributed by atoms with Gasteiger partial charge >= 0.3 is 12.5 Å². The van der Waals surface area contributed by atoms with Crippen molar-refractivity contribution in [1.82, 2.24) is 4.98 Å². The number of pyridine rings is 1. The van der Waals surface area contributed by atoms with E-state index in [1.54, 1.807) is 0 Å². The van der Waals surface area contributed by atoms with Crippen molar-refractivity contribution in [3.8, 4) is 16.9 Å². The molecule has 0 saturated heterocycles. The Morgan fingerprint density at radius 1 is 0.909 bits per heavy atom. The second-order valence-corrected chi connectivity index (χ2v) is 4.27. The smallest absolute Gasteiger partial charge is 0.406 e. The molecule has 9 heteroatoms. The van der Waals surface area contributed by atoms with Gasteiger partial charge in [-0.25, -0.2) is 0 Å². The molecule has 0 saturated carbocycles. The van der Waals surface area contributed by atoms with Crippen LogP contribution in [0.15, 0.2) is 36.5 Å². The van der Waals surface area contributed by atoms with Gasteiger partial charge in [-0.2, -0.15) is 13.2 Å².